The van der Waals surface area contributed by atoms with E-state index < -0.39 is 34.1 Å². The number of thiophene rings is 1. The maximum Gasteiger partial charge on any atom is 0.452 e. The second-order valence-corrected chi connectivity index (χ2v) is 8.12. The second kappa shape index (κ2) is 6.68. The van der Waals surface area contributed by atoms with E-state index in [0.717, 1.165) is 17.4 Å². The van der Waals surface area contributed by atoms with Gasteiger partial charge >= 0.3 is 6.18 Å². The Morgan fingerprint density at radius 3 is 2.76 bits per heavy atom. The summed E-state index contributed by atoms with van der Waals surface area (Å²) in [7, 11) is -2.42. The van der Waals surface area contributed by atoms with Crippen LogP contribution in [0.5, 0.6) is 0 Å². The molecule has 0 bridgehead atoms. The van der Waals surface area contributed by atoms with Gasteiger partial charge in [-0.1, -0.05) is 5.16 Å². The van der Waals surface area contributed by atoms with Crippen molar-refractivity contribution in [1.82, 2.24) is 9.88 Å². The fourth-order valence-corrected chi connectivity index (χ4v) is 4.71. The van der Waals surface area contributed by atoms with Crippen LogP contribution >= 0.6 is 11.3 Å². The smallest absolute Gasteiger partial charge is 0.377 e. The lowest BCUT2D eigenvalue weighted by molar-refractivity contribution is -0.155. The first-order valence-corrected chi connectivity index (χ1v) is 9.32. The van der Waals surface area contributed by atoms with Crippen molar-refractivity contribution in [2.45, 2.75) is 22.5 Å². The predicted octanol–water partition coefficient (Wildman–Crippen LogP) is 2.11. The van der Waals surface area contributed by atoms with Gasteiger partial charge in [-0.3, -0.25) is 0 Å². The fraction of sp³-hybridized carbons (Fsp3) is 0.462. The van der Waals surface area contributed by atoms with Crippen molar-refractivity contribution < 1.29 is 35.6 Å². The van der Waals surface area contributed by atoms with Gasteiger partial charge in [-0.2, -0.15) is 13.2 Å². The zero-order valence-electron chi connectivity index (χ0n) is 12.7. The molecule has 2 atom stereocenters. The monoisotopic (exact) mass is 398 g/mol. The summed E-state index contributed by atoms with van der Waals surface area (Å²) in [6, 6.07) is 1.42. The van der Waals surface area contributed by atoms with Crippen molar-refractivity contribution in [2.75, 3.05) is 20.3 Å². The van der Waals surface area contributed by atoms with Gasteiger partial charge in [-0.15, -0.1) is 11.3 Å². The highest BCUT2D eigenvalue weighted by Gasteiger charge is 2.36. The highest BCUT2D eigenvalue weighted by atomic mass is 32.2. The quantitative estimate of drug-likeness (QED) is 0.830. The molecule has 1 saturated heterocycles. The SMILES string of the molecule is COC1COCC1NS(=O)(=O)c1cc(-c2cc(C(F)(F)F)on2)cs1. The van der Waals surface area contributed by atoms with Crippen LogP contribution in [0.4, 0.5) is 13.2 Å². The lowest BCUT2D eigenvalue weighted by Gasteiger charge is -2.16. The standard InChI is InChI=1S/C13H13F3N2O5S2/c1-21-10-5-22-4-9(10)18-25(19,20)12-2-7(6-24-12)8-3-11(23-17-8)13(14,15)16/h2-3,6,9-10,18H,4-5H2,1H3. The van der Waals surface area contributed by atoms with Crippen molar-refractivity contribution in [3.05, 3.63) is 23.3 Å². The Kier molecular flexibility index (Phi) is 4.90. The van der Waals surface area contributed by atoms with Crippen LogP contribution < -0.4 is 4.72 Å². The van der Waals surface area contributed by atoms with Crippen LogP contribution in [0, 0.1) is 0 Å². The molecule has 3 rings (SSSR count). The molecule has 138 valence electrons. The third-order valence-electron chi connectivity index (χ3n) is 3.56. The van der Waals surface area contributed by atoms with E-state index >= 15 is 0 Å². The van der Waals surface area contributed by atoms with Crippen LogP contribution in [0.1, 0.15) is 5.76 Å². The third-order valence-corrected chi connectivity index (χ3v) is 6.49. The highest BCUT2D eigenvalue weighted by Crippen LogP contribution is 2.34. The van der Waals surface area contributed by atoms with E-state index in [4.69, 9.17) is 9.47 Å². The minimum atomic E-state index is -4.66. The molecular formula is C13H13F3N2O5S2. The summed E-state index contributed by atoms with van der Waals surface area (Å²) < 4.78 is 79.5. The van der Waals surface area contributed by atoms with Crippen LogP contribution in [0.15, 0.2) is 26.2 Å². The van der Waals surface area contributed by atoms with Crippen molar-refractivity contribution >= 4 is 21.4 Å². The third kappa shape index (κ3) is 3.87. The number of aromatic nitrogens is 1. The van der Waals surface area contributed by atoms with Crippen molar-refractivity contribution in [3.63, 3.8) is 0 Å². The summed E-state index contributed by atoms with van der Waals surface area (Å²) >= 11 is 0.865. The van der Waals surface area contributed by atoms with Gasteiger partial charge in [-0.25, -0.2) is 13.1 Å². The Balaban J connectivity index is 1.79. The average Bonchev–Trinajstić information content (AvgIpc) is 3.25. The first kappa shape index (κ1) is 18.3. The fourth-order valence-electron chi connectivity index (χ4n) is 2.27. The largest absolute Gasteiger partial charge is 0.452 e. The molecule has 3 heterocycles. The van der Waals surface area contributed by atoms with E-state index in [1.165, 1.54) is 18.6 Å². The molecule has 12 heteroatoms. The Bertz CT molecular complexity index is 846. The molecule has 0 aromatic carbocycles. The molecule has 2 aromatic rings. The molecule has 2 unspecified atom stereocenters. The van der Waals surface area contributed by atoms with Gasteiger partial charge in [0.05, 0.1) is 25.4 Å². The summed E-state index contributed by atoms with van der Waals surface area (Å²) in [6.45, 7) is 0.451. The Labute approximate surface area is 144 Å². The molecule has 1 aliphatic rings. The van der Waals surface area contributed by atoms with Crippen molar-refractivity contribution in [1.29, 1.82) is 0 Å². The van der Waals surface area contributed by atoms with Gasteiger partial charge in [0, 0.05) is 24.1 Å². The van der Waals surface area contributed by atoms with E-state index in [0.29, 0.717) is 0 Å². The van der Waals surface area contributed by atoms with Crippen LogP contribution in [0.3, 0.4) is 0 Å². The van der Waals surface area contributed by atoms with Crippen LogP contribution in [-0.4, -0.2) is 46.0 Å². The zero-order valence-corrected chi connectivity index (χ0v) is 14.4. The number of halogens is 3. The number of sulfonamides is 1. The molecule has 1 N–H and O–H groups in total. The van der Waals surface area contributed by atoms with E-state index in [1.807, 2.05) is 0 Å². The molecule has 0 saturated carbocycles. The van der Waals surface area contributed by atoms with E-state index in [9.17, 15) is 21.6 Å². The normalized spacial score (nSPS) is 21.8. The predicted molar refractivity (Wildman–Crippen MR) is 80.5 cm³/mol. The molecule has 0 aliphatic carbocycles. The van der Waals surface area contributed by atoms with Crippen molar-refractivity contribution in [2.24, 2.45) is 0 Å². The minimum Gasteiger partial charge on any atom is -0.377 e. The molecule has 0 spiro atoms. The second-order valence-electron chi connectivity index (χ2n) is 5.27. The molecule has 25 heavy (non-hydrogen) atoms. The maximum absolute atomic E-state index is 12.5. The Hall–Kier alpha value is -1.47. The summed E-state index contributed by atoms with van der Waals surface area (Å²) in [5.74, 6) is -1.25. The summed E-state index contributed by atoms with van der Waals surface area (Å²) in [4.78, 5) is 0. The van der Waals surface area contributed by atoms with Crippen LogP contribution in [0.25, 0.3) is 11.3 Å². The number of ether oxygens (including phenoxy) is 2. The van der Waals surface area contributed by atoms with Gasteiger partial charge in [0.25, 0.3) is 0 Å². The summed E-state index contributed by atoms with van der Waals surface area (Å²) in [5, 5.41) is 4.73. The lowest BCUT2D eigenvalue weighted by atomic mass is 10.2. The first-order valence-electron chi connectivity index (χ1n) is 6.96. The highest BCUT2D eigenvalue weighted by molar-refractivity contribution is 7.91. The van der Waals surface area contributed by atoms with Gasteiger partial charge in [0.2, 0.25) is 15.8 Å². The zero-order chi connectivity index (χ0) is 18.2. The van der Waals surface area contributed by atoms with Gasteiger partial charge in [-0.05, 0) is 6.07 Å². The average molecular weight is 398 g/mol. The molecule has 2 aromatic heterocycles. The summed E-state index contributed by atoms with van der Waals surface area (Å²) in [5.41, 5.74) is 0.125. The number of nitrogens with one attached hydrogen (secondary N) is 1. The van der Waals surface area contributed by atoms with Gasteiger partial charge in [0.15, 0.2) is 0 Å². The van der Waals surface area contributed by atoms with E-state index in [-0.39, 0.29) is 28.7 Å². The number of alkyl halides is 3. The Morgan fingerprint density at radius 2 is 2.12 bits per heavy atom. The molecule has 1 fully saturated rings. The lowest BCUT2D eigenvalue weighted by Crippen LogP contribution is -2.43. The number of rotatable bonds is 5. The molecule has 7 nitrogen and oxygen atoms in total. The minimum absolute atomic E-state index is 0.0548. The first-order chi connectivity index (χ1) is 11.7. The van der Waals surface area contributed by atoms with E-state index in [2.05, 4.69) is 14.4 Å². The van der Waals surface area contributed by atoms with Crippen LogP contribution in [-0.2, 0) is 25.7 Å². The molecule has 0 radical (unpaired) electrons. The van der Waals surface area contributed by atoms with Gasteiger partial charge in [0.1, 0.15) is 9.90 Å². The number of nitrogens with zero attached hydrogens (tertiary/aromatic N) is 1. The number of hydrogen-bond donors (Lipinski definition) is 1. The van der Waals surface area contributed by atoms with Crippen LogP contribution in [0.2, 0.25) is 0 Å². The van der Waals surface area contributed by atoms with Crippen molar-refractivity contribution in [3.8, 4) is 11.3 Å². The maximum atomic E-state index is 12.5. The number of hydrogen-bond acceptors (Lipinski definition) is 7. The summed E-state index contributed by atoms with van der Waals surface area (Å²) in [6.07, 6.45) is -5.06. The molecule has 0 amide bonds. The van der Waals surface area contributed by atoms with Gasteiger partial charge < -0.3 is 14.0 Å². The topological polar surface area (TPSA) is 90.7 Å². The number of methoxy groups -OCH3 is 1. The Morgan fingerprint density at radius 1 is 1.36 bits per heavy atom. The molecule has 1 aliphatic heterocycles. The van der Waals surface area contributed by atoms with E-state index in [1.54, 1.807) is 0 Å². The molecular weight excluding hydrogens is 385 g/mol.